The maximum Gasteiger partial charge on any atom is 0.164 e. The molecule has 0 saturated heterocycles. The van der Waals surface area contributed by atoms with E-state index in [2.05, 4.69) is 211 Å². The van der Waals surface area contributed by atoms with E-state index in [4.69, 9.17) is 15.0 Å². The molecular formula is C65H44N4S. The van der Waals surface area contributed by atoms with Crippen molar-refractivity contribution in [1.29, 1.82) is 0 Å². The fourth-order valence-electron chi connectivity index (χ4n) is 10.4. The number of hydrogen-bond acceptors (Lipinski definition) is 4. The second-order valence-electron chi connectivity index (χ2n) is 17.9. The number of nitrogens with zero attached hydrogens (tertiary/aromatic N) is 4. The van der Waals surface area contributed by atoms with Gasteiger partial charge in [0.2, 0.25) is 0 Å². The normalized spacial score (nSPS) is 11.5. The maximum absolute atomic E-state index is 5.35. The van der Waals surface area contributed by atoms with E-state index >= 15 is 0 Å². The number of benzene rings is 10. The number of hydrogen-bond donors (Lipinski definition) is 0. The van der Waals surface area contributed by atoms with Crippen molar-refractivity contribution in [2.24, 2.45) is 0 Å². The monoisotopic (exact) mass is 912 g/mol. The van der Waals surface area contributed by atoms with E-state index in [1.54, 1.807) is 0 Å². The third kappa shape index (κ3) is 7.54. The highest BCUT2D eigenvalue weighted by molar-refractivity contribution is 7.26. The zero-order valence-electron chi connectivity index (χ0n) is 38.2. The molecule has 0 aliphatic heterocycles. The van der Waals surface area contributed by atoms with Crippen molar-refractivity contribution >= 4 is 53.3 Å². The first-order chi connectivity index (χ1) is 34.7. The van der Waals surface area contributed by atoms with Gasteiger partial charge in [0.1, 0.15) is 0 Å². The highest BCUT2D eigenvalue weighted by Crippen LogP contribution is 2.43. The average Bonchev–Trinajstić information content (AvgIpc) is 3.97. The molecule has 70 heavy (non-hydrogen) atoms. The number of thiophene rings is 1. The van der Waals surface area contributed by atoms with E-state index in [9.17, 15) is 0 Å². The van der Waals surface area contributed by atoms with Crippen LogP contribution in [0.3, 0.4) is 0 Å². The minimum Gasteiger partial charge on any atom is -0.309 e. The Hall–Kier alpha value is -8.77. The van der Waals surface area contributed by atoms with Gasteiger partial charge in [-0.05, 0) is 99.8 Å². The number of para-hydroxylation sites is 2. The first-order valence-corrected chi connectivity index (χ1v) is 24.7. The Morgan fingerprint density at radius 3 is 1.54 bits per heavy atom. The van der Waals surface area contributed by atoms with Crippen LogP contribution >= 0.6 is 11.3 Å². The summed E-state index contributed by atoms with van der Waals surface area (Å²) in [5.41, 5.74) is 16.2. The first kappa shape index (κ1) is 41.4. The fourth-order valence-corrected chi connectivity index (χ4v) is 11.5. The van der Waals surface area contributed by atoms with Gasteiger partial charge in [0.15, 0.2) is 17.5 Å². The molecule has 13 rings (SSSR count). The van der Waals surface area contributed by atoms with Gasteiger partial charge in [0.05, 0.1) is 11.0 Å². The predicted octanol–water partition coefficient (Wildman–Crippen LogP) is 16.9. The van der Waals surface area contributed by atoms with Crippen LogP contribution in [-0.4, -0.2) is 19.5 Å². The number of rotatable bonds is 10. The summed E-state index contributed by atoms with van der Waals surface area (Å²) in [6.45, 7) is 0. The van der Waals surface area contributed by atoms with Crippen LogP contribution in [0.15, 0.2) is 243 Å². The largest absolute Gasteiger partial charge is 0.309 e. The second kappa shape index (κ2) is 17.7. The van der Waals surface area contributed by atoms with Crippen molar-refractivity contribution in [2.45, 2.75) is 12.8 Å². The minimum atomic E-state index is 0.644. The molecule has 10 aromatic carbocycles. The van der Waals surface area contributed by atoms with Crippen molar-refractivity contribution in [1.82, 2.24) is 19.5 Å². The Bertz CT molecular complexity index is 3920. The molecule has 0 aliphatic carbocycles. The predicted molar refractivity (Wildman–Crippen MR) is 293 cm³/mol. The summed E-state index contributed by atoms with van der Waals surface area (Å²) in [5.74, 6) is 1.94. The van der Waals surface area contributed by atoms with Gasteiger partial charge in [-0.3, -0.25) is 0 Å². The molecule has 0 atom stereocenters. The van der Waals surface area contributed by atoms with E-state index in [-0.39, 0.29) is 0 Å². The summed E-state index contributed by atoms with van der Waals surface area (Å²) in [5, 5.41) is 5.08. The van der Waals surface area contributed by atoms with Crippen molar-refractivity contribution in [3.8, 4) is 62.1 Å². The Kier molecular flexibility index (Phi) is 10.5. The SMILES string of the molecule is c1ccc(-c2nc(-c3ccccc3)nc(-c3cc(Cc4c(-c5ccccc5)cccc4-c4ccccc4)ccc3Cc3cccc4sc5cc6c7ccccc7n(-c7ccccc7)c6cc5c34)n2)cc1. The van der Waals surface area contributed by atoms with Crippen LogP contribution in [0, 0.1) is 0 Å². The van der Waals surface area contributed by atoms with Gasteiger partial charge in [0, 0.05) is 53.3 Å². The topological polar surface area (TPSA) is 43.6 Å². The Morgan fingerprint density at radius 2 is 0.900 bits per heavy atom. The quantitative estimate of drug-likeness (QED) is 0.137. The summed E-state index contributed by atoms with van der Waals surface area (Å²) < 4.78 is 4.98. The van der Waals surface area contributed by atoms with Gasteiger partial charge in [-0.15, -0.1) is 11.3 Å². The molecule has 13 aromatic rings. The molecule has 0 fully saturated rings. The number of aromatic nitrogens is 4. The van der Waals surface area contributed by atoms with E-state index in [0.29, 0.717) is 30.3 Å². The van der Waals surface area contributed by atoms with Crippen LogP contribution in [0.25, 0.3) is 104 Å². The third-order valence-electron chi connectivity index (χ3n) is 13.6. The Balaban J connectivity index is 1.02. The maximum atomic E-state index is 5.35. The van der Waals surface area contributed by atoms with Crippen LogP contribution in [0.4, 0.5) is 0 Å². The van der Waals surface area contributed by atoms with Gasteiger partial charge < -0.3 is 4.57 Å². The Labute approximate surface area is 410 Å². The molecular weight excluding hydrogens is 869 g/mol. The molecule has 0 saturated carbocycles. The average molecular weight is 913 g/mol. The highest BCUT2D eigenvalue weighted by Gasteiger charge is 2.21. The van der Waals surface area contributed by atoms with E-state index in [1.807, 2.05) is 47.7 Å². The lowest BCUT2D eigenvalue weighted by Crippen LogP contribution is -2.04. The molecule has 5 heteroatoms. The zero-order valence-corrected chi connectivity index (χ0v) is 39.0. The Morgan fingerprint density at radius 1 is 0.343 bits per heavy atom. The van der Waals surface area contributed by atoms with Crippen molar-refractivity contribution in [3.05, 3.63) is 265 Å². The van der Waals surface area contributed by atoms with Crippen LogP contribution in [-0.2, 0) is 12.8 Å². The number of fused-ring (bicyclic) bond motifs is 6. The molecule has 3 aromatic heterocycles. The highest BCUT2D eigenvalue weighted by atomic mass is 32.1. The van der Waals surface area contributed by atoms with Gasteiger partial charge in [0.25, 0.3) is 0 Å². The van der Waals surface area contributed by atoms with Crippen LogP contribution in [0.2, 0.25) is 0 Å². The molecule has 330 valence electrons. The summed E-state index contributed by atoms with van der Waals surface area (Å²) in [6.07, 6.45) is 1.39. The van der Waals surface area contributed by atoms with Gasteiger partial charge in [-0.25, -0.2) is 15.0 Å². The van der Waals surface area contributed by atoms with Crippen LogP contribution in [0.1, 0.15) is 22.3 Å². The lowest BCUT2D eigenvalue weighted by molar-refractivity contribution is 1.06. The van der Waals surface area contributed by atoms with E-state index in [1.165, 1.54) is 80.9 Å². The molecule has 3 heterocycles. The molecule has 0 unspecified atom stereocenters. The molecule has 0 aliphatic rings. The summed E-state index contributed by atoms with van der Waals surface area (Å²) >= 11 is 1.87. The van der Waals surface area contributed by atoms with Crippen LogP contribution < -0.4 is 0 Å². The molecule has 0 radical (unpaired) electrons. The van der Waals surface area contributed by atoms with Crippen molar-refractivity contribution in [3.63, 3.8) is 0 Å². The smallest absolute Gasteiger partial charge is 0.164 e. The lowest BCUT2D eigenvalue weighted by atomic mass is 9.87. The zero-order chi connectivity index (χ0) is 46.4. The molecule has 4 nitrogen and oxygen atoms in total. The molecule has 0 amide bonds. The lowest BCUT2D eigenvalue weighted by Gasteiger charge is -2.18. The second-order valence-corrected chi connectivity index (χ2v) is 19.0. The first-order valence-electron chi connectivity index (χ1n) is 23.8. The summed E-state index contributed by atoms with van der Waals surface area (Å²) in [7, 11) is 0. The molecule has 0 bridgehead atoms. The minimum absolute atomic E-state index is 0.644. The van der Waals surface area contributed by atoms with Gasteiger partial charge in [-0.2, -0.15) is 0 Å². The van der Waals surface area contributed by atoms with Gasteiger partial charge >= 0.3 is 0 Å². The summed E-state index contributed by atoms with van der Waals surface area (Å²) in [6, 6.07) is 86.9. The summed E-state index contributed by atoms with van der Waals surface area (Å²) in [4.78, 5) is 15.8. The standard InChI is InChI=1S/C65H44N4S/c1-6-20-44(21-7-1)51-32-19-33-52(45-22-8-2-9-23-45)55(51)39-43-36-37-48(54(38-43)65-67-63(46-24-10-3-11-25-46)66-64(68-65)47-26-12-4-13-27-47)40-49-28-18-35-60-62(49)57-41-59-56(42-61(57)70-60)53-31-16-17-34-58(53)69(59)50-29-14-5-15-30-50/h1-38,41-42H,39-40H2. The van der Waals surface area contributed by atoms with E-state index in [0.717, 1.165) is 27.9 Å². The van der Waals surface area contributed by atoms with Crippen molar-refractivity contribution < 1.29 is 0 Å². The van der Waals surface area contributed by atoms with Gasteiger partial charge in [-0.1, -0.05) is 200 Å². The molecule has 0 spiro atoms. The molecule has 0 N–H and O–H groups in total. The van der Waals surface area contributed by atoms with Crippen LogP contribution in [0.5, 0.6) is 0 Å². The third-order valence-corrected chi connectivity index (χ3v) is 14.7. The van der Waals surface area contributed by atoms with E-state index < -0.39 is 0 Å². The van der Waals surface area contributed by atoms with Crippen molar-refractivity contribution in [2.75, 3.05) is 0 Å². The fraction of sp³-hybridized carbons (Fsp3) is 0.0308.